The molecule has 0 heterocycles. The van der Waals surface area contributed by atoms with E-state index in [0.29, 0.717) is 0 Å². The number of fused-ring (bicyclic) bond motifs is 2. The zero-order chi connectivity index (χ0) is 7.14. The molecule has 52 valence electrons. The fourth-order valence-corrected chi connectivity index (χ4v) is 1.96. The average molecular weight is 135 g/mol. The van der Waals surface area contributed by atoms with Crippen LogP contribution in [0, 0.1) is 29.1 Å². The number of nitrogens with zero attached hydrogens (tertiary/aromatic N) is 1. The summed E-state index contributed by atoms with van der Waals surface area (Å²) in [6.45, 7) is 0. The summed E-state index contributed by atoms with van der Waals surface area (Å²) in [5.41, 5.74) is 0. The monoisotopic (exact) mass is 135 g/mol. The molecule has 1 saturated carbocycles. The lowest BCUT2D eigenvalue weighted by molar-refractivity contribution is 0.134. The topological polar surface area (TPSA) is 44.0 Å². The summed E-state index contributed by atoms with van der Waals surface area (Å²) in [4.78, 5) is 0. The van der Waals surface area contributed by atoms with Crippen molar-refractivity contribution < 1.29 is 5.11 Å². The minimum absolute atomic E-state index is 0.0741. The molecule has 1 fully saturated rings. The van der Waals surface area contributed by atoms with Crippen LogP contribution in [0.15, 0.2) is 12.2 Å². The van der Waals surface area contributed by atoms with Crippen LogP contribution in [0.25, 0.3) is 0 Å². The summed E-state index contributed by atoms with van der Waals surface area (Å²) in [6, 6.07) is 2.21. The molecule has 10 heavy (non-hydrogen) atoms. The number of aliphatic hydroxyl groups excluding tert-OH is 1. The van der Waals surface area contributed by atoms with Gasteiger partial charge in [-0.3, -0.25) is 0 Å². The molecule has 0 saturated heterocycles. The lowest BCUT2D eigenvalue weighted by Gasteiger charge is -2.08. The minimum Gasteiger partial charge on any atom is -0.392 e. The van der Waals surface area contributed by atoms with Crippen LogP contribution >= 0.6 is 0 Å². The minimum atomic E-state index is -0.260. The Balaban J connectivity index is 2.25. The summed E-state index contributed by atoms with van der Waals surface area (Å²) in [7, 11) is 0. The van der Waals surface area contributed by atoms with Crippen LogP contribution in [0.1, 0.15) is 6.42 Å². The van der Waals surface area contributed by atoms with E-state index in [9.17, 15) is 5.11 Å². The first kappa shape index (κ1) is 5.94. The fraction of sp³-hybridized carbons (Fsp3) is 0.625. The second kappa shape index (κ2) is 1.83. The fourth-order valence-electron chi connectivity index (χ4n) is 1.96. The van der Waals surface area contributed by atoms with Gasteiger partial charge in [0.15, 0.2) is 0 Å². The summed E-state index contributed by atoms with van der Waals surface area (Å²) in [6.07, 6.45) is 4.61. The van der Waals surface area contributed by atoms with Crippen LogP contribution in [-0.2, 0) is 0 Å². The smallest absolute Gasteiger partial charge is 0.0678 e. The van der Waals surface area contributed by atoms with E-state index in [4.69, 9.17) is 5.26 Å². The third-order valence-electron chi connectivity index (χ3n) is 2.57. The second-order valence-electron chi connectivity index (χ2n) is 3.09. The summed E-state index contributed by atoms with van der Waals surface area (Å²) >= 11 is 0. The van der Waals surface area contributed by atoms with Crippen molar-refractivity contribution in [3.63, 3.8) is 0 Å². The molecule has 2 bridgehead atoms. The van der Waals surface area contributed by atoms with Crippen LogP contribution in [-0.4, -0.2) is 11.2 Å². The Labute approximate surface area is 59.8 Å². The van der Waals surface area contributed by atoms with E-state index in [1.807, 2.05) is 12.2 Å². The van der Waals surface area contributed by atoms with Gasteiger partial charge >= 0.3 is 0 Å². The summed E-state index contributed by atoms with van der Waals surface area (Å²) in [5, 5.41) is 18.0. The van der Waals surface area contributed by atoms with E-state index >= 15 is 0 Å². The van der Waals surface area contributed by atoms with Gasteiger partial charge in [0.05, 0.1) is 18.1 Å². The van der Waals surface area contributed by atoms with Crippen molar-refractivity contribution in [1.82, 2.24) is 0 Å². The van der Waals surface area contributed by atoms with Crippen LogP contribution in [0.3, 0.4) is 0 Å². The van der Waals surface area contributed by atoms with Gasteiger partial charge in [0, 0.05) is 11.8 Å². The maximum atomic E-state index is 9.42. The quantitative estimate of drug-likeness (QED) is 0.497. The lowest BCUT2D eigenvalue weighted by Crippen LogP contribution is -2.14. The van der Waals surface area contributed by atoms with Crippen molar-refractivity contribution in [2.75, 3.05) is 0 Å². The molecule has 0 aromatic rings. The number of aliphatic hydroxyl groups is 1. The molecule has 2 heteroatoms. The first-order valence-corrected chi connectivity index (χ1v) is 3.59. The van der Waals surface area contributed by atoms with Crippen LogP contribution < -0.4 is 0 Å². The maximum Gasteiger partial charge on any atom is 0.0678 e. The molecule has 0 aliphatic heterocycles. The van der Waals surface area contributed by atoms with Gasteiger partial charge in [-0.05, 0) is 6.42 Å². The van der Waals surface area contributed by atoms with E-state index in [1.165, 1.54) is 0 Å². The van der Waals surface area contributed by atoms with E-state index in [-0.39, 0.29) is 23.9 Å². The van der Waals surface area contributed by atoms with E-state index in [0.717, 1.165) is 6.42 Å². The maximum absolute atomic E-state index is 9.42. The molecule has 0 aromatic heterocycles. The molecule has 0 aromatic carbocycles. The van der Waals surface area contributed by atoms with Crippen molar-refractivity contribution >= 4 is 0 Å². The Bertz CT molecular complexity index is 216. The van der Waals surface area contributed by atoms with Crippen molar-refractivity contribution in [2.45, 2.75) is 12.5 Å². The van der Waals surface area contributed by atoms with Crippen LogP contribution in [0.5, 0.6) is 0 Å². The Kier molecular flexibility index (Phi) is 1.09. The number of hydrogen-bond donors (Lipinski definition) is 1. The molecule has 0 spiro atoms. The largest absolute Gasteiger partial charge is 0.392 e. The standard InChI is InChI=1S/C8H9NO/c9-4-6-3-5-1-2-7(6)8(5)10/h1-2,5-8,10H,3H2/t5-,6-,7+,8+/m0/s1. The Morgan fingerprint density at radius 2 is 2.30 bits per heavy atom. The number of hydrogen-bond acceptors (Lipinski definition) is 2. The Morgan fingerprint density at radius 1 is 1.50 bits per heavy atom. The van der Waals surface area contributed by atoms with Gasteiger partial charge in [-0.15, -0.1) is 0 Å². The second-order valence-corrected chi connectivity index (χ2v) is 3.09. The summed E-state index contributed by atoms with van der Waals surface area (Å²) < 4.78 is 0. The van der Waals surface area contributed by atoms with Crippen molar-refractivity contribution in [3.05, 3.63) is 12.2 Å². The van der Waals surface area contributed by atoms with E-state index in [2.05, 4.69) is 6.07 Å². The molecule has 0 radical (unpaired) electrons. The van der Waals surface area contributed by atoms with Crippen molar-refractivity contribution in [1.29, 1.82) is 5.26 Å². The molecule has 0 unspecified atom stereocenters. The third-order valence-corrected chi connectivity index (χ3v) is 2.57. The summed E-state index contributed by atoms with van der Waals surface area (Å²) in [5.74, 6) is 0.481. The molecule has 4 atom stereocenters. The molecule has 2 aliphatic carbocycles. The van der Waals surface area contributed by atoms with Crippen molar-refractivity contribution in [2.24, 2.45) is 17.8 Å². The van der Waals surface area contributed by atoms with E-state index in [1.54, 1.807) is 0 Å². The molecular formula is C8H9NO. The van der Waals surface area contributed by atoms with Crippen LogP contribution in [0.2, 0.25) is 0 Å². The lowest BCUT2D eigenvalue weighted by atomic mass is 9.95. The molecular weight excluding hydrogens is 126 g/mol. The Morgan fingerprint density at radius 3 is 2.60 bits per heavy atom. The predicted molar refractivity (Wildman–Crippen MR) is 35.8 cm³/mol. The van der Waals surface area contributed by atoms with Gasteiger partial charge in [0.2, 0.25) is 0 Å². The highest BCUT2D eigenvalue weighted by Crippen LogP contribution is 2.43. The molecule has 2 aliphatic rings. The van der Waals surface area contributed by atoms with Gasteiger partial charge in [0.1, 0.15) is 0 Å². The number of rotatable bonds is 0. The molecule has 2 rings (SSSR count). The third kappa shape index (κ3) is 0.559. The van der Waals surface area contributed by atoms with E-state index < -0.39 is 0 Å². The normalized spacial score (nSPS) is 49.6. The van der Waals surface area contributed by atoms with Gasteiger partial charge in [-0.2, -0.15) is 5.26 Å². The van der Waals surface area contributed by atoms with Crippen LogP contribution in [0.4, 0.5) is 0 Å². The highest BCUT2D eigenvalue weighted by molar-refractivity contribution is 5.19. The molecule has 0 amide bonds. The predicted octanol–water partition coefficient (Wildman–Crippen LogP) is 0.693. The van der Waals surface area contributed by atoms with Gasteiger partial charge in [-0.25, -0.2) is 0 Å². The number of nitriles is 1. The van der Waals surface area contributed by atoms with Gasteiger partial charge in [0.25, 0.3) is 0 Å². The molecule has 1 N–H and O–H groups in total. The Hall–Kier alpha value is -0.810. The van der Waals surface area contributed by atoms with Gasteiger partial charge in [-0.1, -0.05) is 12.2 Å². The SMILES string of the molecule is N#C[C@@H]1C[C@@H]2C=C[C@H]1[C@@H]2O. The zero-order valence-electron chi connectivity index (χ0n) is 5.57. The van der Waals surface area contributed by atoms with Gasteiger partial charge < -0.3 is 5.11 Å². The average Bonchev–Trinajstić information content (AvgIpc) is 2.46. The first-order chi connectivity index (χ1) is 4.83. The zero-order valence-corrected chi connectivity index (χ0v) is 5.57. The molecule has 2 nitrogen and oxygen atoms in total. The highest BCUT2D eigenvalue weighted by Gasteiger charge is 2.43. The first-order valence-electron chi connectivity index (χ1n) is 3.59. The highest BCUT2D eigenvalue weighted by atomic mass is 16.3. The van der Waals surface area contributed by atoms with Crippen molar-refractivity contribution in [3.8, 4) is 6.07 Å².